The maximum absolute atomic E-state index is 12.8. The Morgan fingerprint density at radius 1 is 1.30 bits per heavy atom. The standard InChI is InChI=1S/C13H20BrClN2O2S/c1-8(2)7-17(9(3)4)20(18,19)12-6-10(15)5-11(16)13(12)14/h5-6,8-9H,7,16H2,1-4H3. The first-order valence-corrected chi connectivity index (χ1v) is 8.94. The van der Waals surface area contributed by atoms with Crippen LogP contribution in [0, 0.1) is 5.92 Å². The SMILES string of the molecule is CC(C)CN(C(C)C)S(=O)(=O)c1cc(Cl)cc(N)c1Br. The normalized spacial score (nSPS) is 12.7. The van der Waals surface area contributed by atoms with Gasteiger partial charge in [-0.2, -0.15) is 4.31 Å². The highest BCUT2D eigenvalue weighted by atomic mass is 79.9. The first kappa shape index (κ1) is 17.8. The lowest BCUT2D eigenvalue weighted by molar-refractivity contribution is 0.319. The molecule has 114 valence electrons. The molecule has 0 amide bonds. The van der Waals surface area contributed by atoms with E-state index in [2.05, 4.69) is 15.9 Å². The largest absolute Gasteiger partial charge is 0.398 e. The summed E-state index contributed by atoms with van der Waals surface area (Å²) < 4.78 is 27.5. The molecule has 2 N–H and O–H groups in total. The van der Waals surface area contributed by atoms with Crippen LogP contribution in [0.25, 0.3) is 0 Å². The summed E-state index contributed by atoms with van der Waals surface area (Å²) in [5, 5.41) is 0.303. The lowest BCUT2D eigenvalue weighted by Crippen LogP contribution is -2.39. The molecule has 0 heterocycles. The van der Waals surface area contributed by atoms with E-state index in [1.165, 1.54) is 16.4 Å². The van der Waals surface area contributed by atoms with Gasteiger partial charge in [-0.15, -0.1) is 0 Å². The van der Waals surface area contributed by atoms with Crippen LogP contribution in [0.5, 0.6) is 0 Å². The molecule has 0 fully saturated rings. The Balaban J connectivity index is 3.41. The number of rotatable bonds is 5. The zero-order chi connectivity index (χ0) is 15.7. The van der Waals surface area contributed by atoms with E-state index < -0.39 is 10.0 Å². The van der Waals surface area contributed by atoms with Gasteiger partial charge < -0.3 is 5.73 Å². The fourth-order valence-electron chi connectivity index (χ4n) is 1.84. The molecule has 0 radical (unpaired) electrons. The van der Waals surface area contributed by atoms with Crippen molar-refractivity contribution >= 4 is 43.2 Å². The Hall–Kier alpha value is -0.300. The van der Waals surface area contributed by atoms with Gasteiger partial charge in [-0.3, -0.25) is 0 Å². The summed E-state index contributed by atoms with van der Waals surface area (Å²) in [6.45, 7) is 8.10. The number of nitrogens with zero attached hydrogens (tertiary/aromatic N) is 1. The van der Waals surface area contributed by atoms with Crippen LogP contribution < -0.4 is 5.73 Å². The monoisotopic (exact) mass is 382 g/mol. The summed E-state index contributed by atoms with van der Waals surface area (Å²) in [4.78, 5) is 0.108. The third-order valence-corrected chi connectivity index (χ3v) is 6.17. The number of nitrogen functional groups attached to an aromatic ring is 1. The second-order valence-corrected chi connectivity index (χ2v) is 8.46. The van der Waals surface area contributed by atoms with Crippen molar-refractivity contribution in [2.45, 2.75) is 38.6 Å². The van der Waals surface area contributed by atoms with Gasteiger partial charge in [0.15, 0.2) is 0 Å². The van der Waals surface area contributed by atoms with Gasteiger partial charge in [-0.05, 0) is 47.8 Å². The van der Waals surface area contributed by atoms with Crippen LogP contribution in [0.2, 0.25) is 5.02 Å². The van der Waals surface area contributed by atoms with E-state index in [4.69, 9.17) is 17.3 Å². The Kier molecular flexibility index (Phi) is 5.89. The van der Waals surface area contributed by atoms with Crippen LogP contribution in [-0.4, -0.2) is 25.3 Å². The molecule has 0 aliphatic rings. The van der Waals surface area contributed by atoms with Gasteiger partial charge in [0, 0.05) is 23.3 Å². The van der Waals surface area contributed by atoms with Crippen LogP contribution in [0.4, 0.5) is 5.69 Å². The molecule has 0 saturated heterocycles. The molecule has 0 bridgehead atoms. The third kappa shape index (κ3) is 3.87. The summed E-state index contributed by atoms with van der Waals surface area (Å²) >= 11 is 9.18. The molecular weight excluding hydrogens is 364 g/mol. The summed E-state index contributed by atoms with van der Waals surface area (Å²) in [6, 6.07) is 2.80. The first-order valence-electron chi connectivity index (χ1n) is 6.33. The average molecular weight is 384 g/mol. The molecule has 20 heavy (non-hydrogen) atoms. The highest BCUT2D eigenvalue weighted by Gasteiger charge is 2.30. The van der Waals surface area contributed by atoms with Crippen LogP contribution in [-0.2, 0) is 10.0 Å². The van der Waals surface area contributed by atoms with Crippen molar-refractivity contribution in [2.75, 3.05) is 12.3 Å². The van der Waals surface area contributed by atoms with E-state index in [1.54, 1.807) is 0 Å². The average Bonchev–Trinajstić information content (AvgIpc) is 2.29. The number of hydrogen-bond acceptors (Lipinski definition) is 3. The summed E-state index contributed by atoms with van der Waals surface area (Å²) in [5.41, 5.74) is 6.09. The summed E-state index contributed by atoms with van der Waals surface area (Å²) in [5.74, 6) is 0.225. The Morgan fingerprint density at radius 2 is 1.85 bits per heavy atom. The number of anilines is 1. The lowest BCUT2D eigenvalue weighted by atomic mass is 10.2. The number of halogens is 2. The summed E-state index contributed by atoms with van der Waals surface area (Å²) in [6.07, 6.45) is 0. The summed E-state index contributed by atoms with van der Waals surface area (Å²) in [7, 11) is -3.65. The predicted octanol–water partition coefficient (Wildman–Crippen LogP) is 3.74. The Bertz CT molecular complexity index is 588. The van der Waals surface area contributed by atoms with E-state index in [0.29, 0.717) is 21.7 Å². The molecule has 0 aliphatic heterocycles. The van der Waals surface area contributed by atoms with E-state index in [9.17, 15) is 8.42 Å². The maximum Gasteiger partial charge on any atom is 0.244 e. The quantitative estimate of drug-likeness (QED) is 0.788. The van der Waals surface area contributed by atoms with Gasteiger partial charge in [0.1, 0.15) is 0 Å². The maximum atomic E-state index is 12.8. The molecule has 1 aromatic carbocycles. The minimum Gasteiger partial charge on any atom is -0.398 e. The molecular formula is C13H20BrClN2O2S. The topological polar surface area (TPSA) is 63.4 Å². The molecule has 0 saturated carbocycles. The van der Waals surface area contributed by atoms with E-state index in [1.807, 2.05) is 27.7 Å². The Labute approximate surface area is 134 Å². The molecule has 1 rings (SSSR count). The number of sulfonamides is 1. The zero-order valence-electron chi connectivity index (χ0n) is 12.0. The van der Waals surface area contributed by atoms with Crippen LogP contribution >= 0.6 is 27.5 Å². The van der Waals surface area contributed by atoms with Crippen LogP contribution in [0.1, 0.15) is 27.7 Å². The predicted molar refractivity (Wildman–Crippen MR) is 87.4 cm³/mol. The molecule has 0 spiro atoms. The molecule has 7 heteroatoms. The van der Waals surface area contributed by atoms with Crippen molar-refractivity contribution in [3.8, 4) is 0 Å². The minimum absolute atomic E-state index is 0.108. The highest BCUT2D eigenvalue weighted by Crippen LogP contribution is 2.34. The first-order chi connectivity index (χ1) is 9.07. The van der Waals surface area contributed by atoms with Crippen LogP contribution in [0.15, 0.2) is 21.5 Å². The van der Waals surface area contributed by atoms with Gasteiger partial charge in [-0.1, -0.05) is 25.4 Å². The molecule has 1 aromatic rings. The van der Waals surface area contributed by atoms with E-state index in [0.717, 1.165) is 0 Å². The minimum atomic E-state index is -3.65. The van der Waals surface area contributed by atoms with Gasteiger partial charge in [0.2, 0.25) is 10.0 Å². The highest BCUT2D eigenvalue weighted by molar-refractivity contribution is 9.10. The second-order valence-electron chi connectivity index (χ2n) is 5.37. The fourth-order valence-corrected chi connectivity index (χ4v) is 4.90. The fraction of sp³-hybridized carbons (Fsp3) is 0.538. The van der Waals surface area contributed by atoms with Crippen LogP contribution in [0.3, 0.4) is 0 Å². The van der Waals surface area contributed by atoms with E-state index in [-0.39, 0.29) is 16.9 Å². The van der Waals surface area contributed by atoms with Gasteiger partial charge in [0.05, 0.1) is 9.37 Å². The van der Waals surface area contributed by atoms with Crippen molar-refractivity contribution in [2.24, 2.45) is 5.92 Å². The third-order valence-electron chi connectivity index (χ3n) is 2.74. The van der Waals surface area contributed by atoms with Crippen molar-refractivity contribution < 1.29 is 8.42 Å². The molecule has 0 aliphatic carbocycles. The molecule has 0 atom stereocenters. The molecule has 4 nitrogen and oxygen atoms in total. The second kappa shape index (κ2) is 6.64. The smallest absolute Gasteiger partial charge is 0.244 e. The van der Waals surface area contributed by atoms with Crippen molar-refractivity contribution in [1.29, 1.82) is 0 Å². The van der Waals surface area contributed by atoms with E-state index >= 15 is 0 Å². The Morgan fingerprint density at radius 3 is 2.30 bits per heavy atom. The number of nitrogens with two attached hydrogens (primary N) is 1. The van der Waals surface area contributed by atoms with Crippen molar-refractivity contribution in [1.82, 2.24) is 4.31 Å². The van der Waals surface area contributed by atoms with Crippen molar-refractivity contribution in [3.63, 3.8) is 0 Å². The zero-order valence-corrected chi connectivity index (χ0v) is 15.2. The number of hydrogen-bond donors (Lipinski definition) is 1. The molecule has 0 aromatic heterocycles. The number of benzene rings is 1. The lowest BCUT2D eigenvalue weighted by Gasteiger charge is -2.28. The van der Waals surface area contributed by atoms with Gasteiger partial charge in [-0.25, -0.2) is 8.42 Å². The van der Waals surface area contributed by atoms with Gasteiger partial charge >= 0.3 is 0 Å². The van der Waals surface area contributed by atoms with Gasteiger partial charge in [0.25, 0.3) is 0 Å². The molecule has 0 unspecified atom stereocenters. The van der Waals surface area contributed by atoms with Crippen molar-refractivity contribution in [3.05, 3.63) is 21.6 Å².